The van der Waals surface area contributed by atoms with Crippen LogP contribution in [0.5, 0.6) is 0 Å². The number of nitrogens with two attached hydrogens (primary N) is 1. The second kappa shape index (κ2) is 4.83. The largest absolute Gasteiger partial charge is 0.366 e. The van der Waals surface area contributed by atoms with Gasteiger partial charge in [-0.1, -0.05) is 6.07 Å². The van der Waals surface area contributed by atoms with Crippen molar-refractivity contribution in [1.29, 1.82) is 0 Å². The maximum atomic E-state index is 13.9. The van der Waals surface area contributed by atoms with Crippen molar-refractivity contribution in [2.75, 3.05) is 18.0 Å². The SMILES string of the molecule is CCN(c1ccc(CCN)cc1F)C1CC1. The zero-order valence-corrected chi connectivity index (χ0v) is 9.75. The molecule has 2 nitrogen and oxygen atoms in total. The van der Waals surface area contributed by atoms with Crippen molar-refractivity contribution in [2.45, 2.75) is 32.2 Å². The number of halogens is 1. The van der Waals surface area contributed by atoms with Crippen LogP contribution in [0.2, 0.25) is 0 Å². The van der Waals surface area contributed by atoms with Gasteiger partial charge in [-0.05, 0) is 50.4 Å². The smallest absolute Gasteiger partial charge is 0.146 e. The van der Waals surface area contributed by atoms with Crippen molar-refractivity contribution in [2.24, 2.45) is 5.73 Å². The fourth-order valence-electron chi connectivity index (χ4n) is 2.12. The summed E-state index contributed by atoms with van der Waals surface area (Å²) in [6.07, 6.45) is 3.13. The van der Waals surface area contributed by atoms with Crippen LogP contribution in [-0.2, 0) is 6.42 Å². The lowest BCUT2D eigenvalue weighted by Crippen LogP contribution is -2.26. The Morgan fingerprint density at radius 1 is 1.44 bits per heavy atom. The lowest BCUT2D eigenvalue weighted by molar-refractivity contribution is 0.615. The minimum atomic E-state index is -0.111. The number of anilines is 1. The van der Waals surface area contributed by atoms with Crippen LogP contribution in [0.3, 0.4) is 0 Å². The van der Waals surface area contributed by atoms with Gasteiger partial charge in [-0.25, -0.2) is 4.39 Å². The highest BCUT2D eigenvalue weighted by atomic mass is 19.1. The number of rotatable bonds is 5. The molecular weight excluding hydrogens is 203 g/mol. The van der Waals surface area contributed by atoms with Gasteiger partial charge in [0.1, 0.15) is 5.82 Å². The minimum Gasteiger partial charge on any atom is -0.366 e. The number of nitrogens with zero attached hydrogens (tertiary/aromatic N) is 1. The summed E-state index contributed by atoms with van der Waals surface area (Å²) >= 11 is 0. The van der Waals surface area contributed by atoms with Crippen molar-refractivity contribution in [3.8, 4) is 0 Å². The van der Waals surface area contributed by atoms with E-state index in [9.17, 15) is 4.39 Å². The summed E-state index contributed by atoms with van der Waals surface area (Å²) in [5.41, 5.74) is 7.18. The number of benzene rings is 1. The molecule has 0 bridgehead atoms. The van der Waals surface area contributed by atoms with Crippen LogP contribution in [0.4, 0.5) is 10.1 Å². The topological polar surface area (TPSA) is 29.3 Å². The first-order chi connectivity index (χ1) is 7.76. The average Bonchev–Trinajstić information content (AvgIpc) is 3.07. The molecule has 1 aliphatic rings. The van der Waals surface area contributed by atoms with Crippen LogP contribution in [0.25, 0.3) is 0 Å². The van der Waals surface area contributed by atoms with Gasteiger partial charge in [0.25, 0.3) is 0 Å². The molecule has 0 saturated heterocycles. The molecule has 88 valence electrons. The quantitative estimate of drug-likeness (QED) is 0.828. The van der Waals surface area contributed by atoms with Crippen molar-refractivity contribution in [3.63, 3.8) is 0 Å². The average molecular weight is 222 g/mol. The Balaban J connectivity index is 2.20. The van der Waals surface area contributed by atoms with E-state index in [1.54, 1.807) is 6.07 Å². The van der Waals surface area contributed by atoms with Gasteiger partial charge in [0.05, 0.1) is 5.69 Å². The molecule has 1 saturated carbocycles. The zero-order chi connectivity index (χ0) is 11.5. The van der Waals surface area contributed by atoms with Crippen molar-refractivity contribution < 1.29 is 4.39 Å². The maximum absolute atomic E-state index is 13.9. The highest BCUT2D eigenvalue weighted by Gasteiger charge is 2.29. The molecule has 2 rings (SSSR count). The second-order valence-corrected chi connectivity index (χ2v) is 4.34. The number of hydrogen-bond acceptors (Lipinski definition) is 2. The Morgan fingerprint density at radius 3 is 2.69 bits per heavy atom. The third-order valence-corrected chi connectivity index (χ3v) is 3.08. The predicted molar refractivity (Wildman–Crippen MR) is 65.2 cm³/mol. The standard InChI is InChI=1S/C13H19FN2/c1-2-16(11-4-5-11)13-6-3-10(7-8-15)9-12(13)14/h3,6,9,11H,2,4-5,7-8,15H2,1H3. The van der Waals surface area contributed by atoms with E-state index in [4.69, 9.17) is 5.73 Å². The highest BCUT2D eigenvalue weighted by Crippen LogP contribution is 2.33. The van der Waals surface area contributed by atoms with E-state index in [-0.39, 0.29) is 5.82 Å². The van der Waals surface area contributed by atoms with Gasteiger partial charge < -0.3 is 10.6 Å². The Bertz CT molecular complexity index is 361. The van der Waals surface area contributed by atoms with Gasteiger partial charge in [-0.3, -0.25) is 0 Å². The first kappa shape index (κ1) is 11.4. The van der Waals surface area contributed by atoms with Crippen molar-refractivity contribution in [1.82, 2.24) is 0 Å². The van der Waals surface area contributed by atoms with E-state index < -0.39 is 0 Å². The van der Waals surface area contributed by atoms with Gasteiger partial charge in [0.2, 0.25) is 0 Å². The lowest BCUT2D eigenvalue weighted by Gasteiger charge is -2.23. The van der Waals surface area contributed by atoms with E-state index in [1.807, 2.05) is 12.1 Å². The summed E-state index contributed by atoms with van der Waals surface area (Å²) in [4.78, 5) is 2.15. The summed E-state index contributed by atoms with van der Waals surface area (Å²) < 4.78 is 13.9. The zero-order valence-electron chi connectivity index (χ0n) is 9.75. The third kappa shape index (κ3) is 2.35. The monoisotopic (exact) mass is 222 g/mol. The van der Waals surface area contributed by atoms with E-state index >= 15 is 0 Å². The predicted octanol–water partition coefficient (Wildman–Crippen LogP) is 2.32. The van der Waals surface area contributed by atoms with Gasteiger partial charge in [-0.15, -0.1) is 0 Å². The Labute approximate surface area is 96.2 Å². The van der Waals surface area contributed by atoms with Gasteiger partial charge in [-0.2, -0.15) is 0 Å². The number of hydrogen-bond donors (Lipinski definition) is 1. The van der Waals surface area contributed by atoms with E-state index in [1.165, 1.54) is 12.8 Å². The lowest BCUT2D eigenvalue weighted by atomic mass is 10.1. The second-order valence-electron chi connectivity index (χ2n) is 4.34. The normalized spacial score (nSPS) is 15.2. The molecule has 0 aromatic heterocycles. The molecule has 0 aliphatic heterocycles. The third-order valence-electron chi connectivity index (χ3n) is 3.08. The molecule has 1 aromatic carbocycles. The molecular formula is C13H19FN2. The minimum absolute atomic E-state index is 0.111. The van der Waals surface area contributed by atoms with Crippen LogP contribution in [0.1, 0.15) is 25.3 Å². The van der Waals surface area contributed by atoms with Crippen LogP contribution >= 0.6 is 0 Å². The van der Waals surface area contributed by atoms with Crippen LogP contribution in [0.15, 0.2) is 18.2 Å². The maximum Gasteiger partial charge on any atom is 0.146 e. The first-order valence-electron chi connectivity index (χ1n) is 6.01. The molecule has 0 spiro atoms. The molecule has 1 fully saturated rings. The summed E-state index contributed by atoms with van der Waals surface area (Å²) in [5.74, 6) is -0.111. The Kier molecular flexibility index (Phi) is 3.44. The molecule has 1 aromatic rings. The van der Waals surface area contributed by atoms with E-state index in [2.05, 4.69) is 11.8 Å². The molecule has 0 atom stereocenters. The summed E-state index contributed by atoms with van der Waals surface area (Å²) in [7, 11) is 0. The summed E-state index contributed by atoms with van der Waals surface area (Å²) in [5, 5.41) is 0. The van der Waals surface area contributed by atoms with Gasteiger partial charge >= 0.3 is 0 Å². The Morgan fingerprint density at radius 2 is 2.19 bits per heavy atom. The van der Waals surface area contributed by atoms with Crippen molar-refractivity contribution in [3.05, 3.63) is 29.6 Å². The van der Waals surface area contributed by atoms with Crippen molar-refractivity contribution >= 4 is 5.69 Å². The summed E-state index contributed by atoms with van der Waals surface area (Å²) in [6.45, 7) is 3.52. The molecule has 3 heteroatoms. The van der Waals surface area contributed by atoms with Gasteiger partial charge in [0.15, 0.2) is 0 Å². The molecule has 0 amide bonds. The molecule has 1 aliphatic carbocycles. The fraction of sp³-hybridized carbons (Fsp3) is 0.538. The first-order valence-corrected chi connectivity index (χ1v) is 6.01. The summed E-state index contributed by atoms with van der Waals surface area (Å²) in [6, 6.07) is 6.05. The molecule has 2 N–H and O–H groups in total. The van der Waals surface area contributed by atoms with Crippen LogP contribution < -0.4 is 10.6 Å². The van der Waals surface area contributed by atoms with Crippen LogP contribution in [0, 0.1) is 5.82 Å². The molecule has 0 radical (unpaired) electrons. The molecule has 0 unspecified atom stereocenters. The Hall–Kier alpha value is -1.09. The molecule has 0 heterocycles. The molecule has 16 heavy (non-hydrogen) atoms. The van der Waals surface area contributed by atoms with Gasteiger partial charge in [0, 0.05) is 12.6 Å². The van der Waals surface area contributed by atoms with Crippen LogP contribution in [-0.4, -0.2) is 19.1 Å². The fourth-order valence-corrected chi connectivity index (χ4v) is 2.12. The van der Waals surface area contributed by atoms with E-state index in [0.29, 0.717) is 12.6 Å². The van der Waals surface area contributed by atoms with E-state index in [0.717, 1.165) is 24.2 Å². The highest BCUT2D eigenvalue weighted by molar-refractivity contribution is 5.51.